The third-order valence-electron chi connectivity index (χ3n) is 5.48. The Hall–Kier alpha value is -1.34. The molecule has 7 heteroatoms. The van der Waals surface area contributed by atoms with Crippen molar-refractivity contribution in [1.29, 1.82) is 0 Å². The van der Waals surface area contributed by atoms with Crippen LogP contribution >= 0.6 is 15.9 Å². The summed E-state index contributed by atoms with van der Waals surface area (Å²) in [5.41, 5.74) is 1.88. The molecule has 1 fully saturated rings. The summed E-state index contributed by atoms with van der Waals surface area (Å²) in [6.45, 7) is 0. The Morgan fingerprint density at radius 3 is 2.81 bits per heavy atom. The summed E-state index contributed by atoms with van der Waals surface area (Å²) in [6.07, 6.45) is 5.28. The summed E-state index contributed by atoms with van der Waals surface area (Å²) >= 11 is 3.20. The van der Waals surface area contributed by atoms with Gasteiger partial charge in [-0.15, -0.1) is 0 Å². The number of nitrogens with zero attached hydrogens (tertiary/aromatic N) is 1. The van der Waals surface area contributed by atoms with Crippen molar-refractivity contribution >= 4 is 37.3 Å². The smallest absolute Gasteiger partial charge is 0.178 e. The van der Waals surface area contributed by atoms with Gasteiger partial charge in [-0.05, 0) is 64.9 Å². The van der Waals surface area contributed by atoms with Gasteiger partial charge in [-0.3, -0.25) is 9.79 Å². The monoisotopic (exact) mass is 439 g/mol. The van der Waals surface area contributed by atoms with Gasteiger partial charge < -0.3 is 0 Å². The van der Waals surface area contributed by atoms with E-state index in [1.54, 1.807) is 12.1 Å². The summed E-state index contributed by atoms with van der Waals surface area (Å²) < 4.78 is 40.1. The number of sulfone groups is 1. The zero-order valence-electron chi connectivity index (χ0n) is 14.1. The Balaban J connectivity index is 1.95. The fourth-order valence-electron chi connectivity index (χ4n) is 4.30. The van der Waals surface area contributed by atoms with E-state index in [1.165, 1.54) is 6.07 Å². The van der Waals surface area contributed by atoms with Crippen LogP contribution in [0.5, 0.6) is 0 Å². The zero-order chi connectivity index (χ0) is 18.5. The van der Waals surface area contributed by atoms with Crippen LogP contribution in [0.1, 0.15) is 43.6 Å². The van der Waals surface area contributed by atoms with Crippen molar-refractivity contribution in [1.82, 2.24) is 0 Å². The van der Waals surface area contributed by atoms with E-state index in [9.17, 15) is 17.6 Å². The Kier molecular flexibility index (Phi) is 4.63. The predicted molar refractivity (Wildman–Crippen MR) is 102 cm³/mol. The van der Waals surface area contributed by atoms with Gasteiger partial charge in [0.05, 0.1) is 22.0 Å². The number of hydrogen-bond acceptors (Lipinski definition) is 4. The van der Waals surface area contributed by atoms with Crippen molar-refractivity contribution in [3.8, 4) is 0 Å². The van der Waals surface area contributed by atoms with Crippen molar-refractivity contribution in [2.75, 3.05) is 5.75 Å². The number of aliphatic imine (C=N–C) groups is 1. The molecule has 1 aromatic carbocycles. The summed E-state index contributed by atoms with van der Waals surface area (Å²) in [6, 6.07) is 4.46. The first-order valence-electron chi connectivity index (χ1n) is 8.86. The van der Waals surface area contributed by atoms with Gasteiger partial charge in [0.25, 0.3) is 0 Å². The van der Waals surface area contributed by atoms with Crippen LogP contribution in [-0.2, 0) is 14.6 Å². The molecule has 0 bridgehead atoms. The lowest BCUT2D eigenvalue weighted by Crippen LogP contribution is -2.46. The minimum absolute atomic E-state index is 0.0146. The minimum Gasteiger partial charge on any atom is -0.293 e. The van der Waals surface area contributed by atoms with E-state index < -0.39 is 26.8 Å². The molecular weight excluding hydrogens is 421 g/mol. The number of hydrogen-bond donors (Lipinski definition) is 0. The summed E-state index contributed by atoms with van der Waals surface area (Å²) in [5.74, 6) is -1.05. The van der Waals surface area contributed by atoms with Crippen molar-refractivity contribution in [3.63, 3.8) is 0 Å². The highest BCUT2D eigenvalue weighted by Crippen LogP contribution is 2.44. The average molecular weight is 440 g/mol. The highest BCUT2D eigenvalue weighted by atomic mass is 79.9. The molecule has 0 N–H and O–H groups in total. The predicted octanol–water partition coefficient (Wildman–Crippen LogP) is 3.75. The fourth-order valence-corrected chi connectivity index (χ4v) is 6.76. The second-order valence-electron chi connectivity index (χ2n) is 7.13. The molecule has 2 heterocycles. The molecule has 0 radical (unpaired) electrons. The molecule has 1 aliphatic carbocycles. The van der Waals surface area contributed by atoms with Crippen LogP contribution in [0.3, 0.4) is 0 Å². The van der Waals surface area contributed by atoms with E-state index in [4.69, 9.17) is 0 Å². The third kappa shape index (κ3) is 2.99. The number of carbonyl (C=O) groups is 1. The molecular formula is C19H19BrFNO3S. The molecule has 0 aromatic heterocycles. The first-order chi connectivity index (χ1) is 12.4. The number of benzene rings is 1. The van der Waals surface area contributed by atoms with Crippen LogP contribution in [0.25, 0.3) is 0 Å². The maximum atomic E-state index is 13.8. The second-order valence-corrected chi connectivity index (χ2v) is 10.2. The van der Waals surface area contributed by atoms with Gasteiger partial charge in [0.2, 0.25) is 0 Å². The Labute approximate surface area is 160 Å². The van der Waals surface area contributed by atoms with E-state index >= 15 is 0 Å². The molecule has 4 rings (SSSR count). The van der Waals surface area contributed by atoms with E-state index in [-0.39, 0.29) is 29.7 Å². The molecule has 1 saturated heterocycles. The number of Topliss-reactive ketones (excluding diaryl/α,β-unsaturated/α-hetero) is 1. The van der Waals surface area contributed by atoms with Gasteiger partial charge in [0.15, 0.2) is 15.6 Å². The van der Waals surface area contributed by atoms with Gasteiger partial charge >= 0.3 is 0 Å². The van der Waals surface area contributed by atoms with Gasteiger partial charge in [-0.25, -0.2) is 12.8 Å². The fraction of sp³-hybridized carbons (Fsp3) is 0.474. The Morgan fingerprint density at radius 2 is 2.04 bits per heavy atom. The van der Waals surface area contributed by atoms with E-state index in [0.29, 0.717) is 16.5 Å². The molecule has 138 valence electrons. The SMILES string of the molecule is O=C1CCCS(=O)(=O)C2C1=NC1CCCC=C1C2c1ccc(F)c(Br)c1. The normalized spacial score (nSPS) is 30.5. The van der Waals surface area contributed by atoms with Crippen LogP contribution in [0, 0.1) is 5.82 Å². The maximum Gasteiger partial charge on any atom is 0.178 e. The van der Waals surface area contributed by atoms with Crippen molar-refractivity contribution < 1.29 is 17.6 Å². The number of halogens is 2. The Morgan fingerprint density at radius 1 is 1.23 bits per heavy atom. The molecule has 2 aliphatic heterocycles. The number of fused-ring (bicyclic) bond motifs is 2. The van der Waals surface area contributed by atoms with Crippen LogP contribution in [0.4, 0.5) is 4.39 Å². The molecule has 3 unspecified atom stereocenters. The zero-order valence-corrected chi connectivity index (χ0v) is 16.5. The van der Waals surface area contributed by atoms with Crippen molar-refractivity contribution in [2.24, 2.45) is 4.99 Å². The molecule has 26 heavy (non-hydrogen) atoms. The van der Waals surface area contributed by atoms with E-state index in [0.717, 1.165) is 24.8 Å². The molecule has 0 amide bonds. The molecule has 0 saturated carbocycles. The maximum absolute atomic E-state index is 13.8. The summed E-state index contributed by atoms with van der Waals surface area (Å²) in [5, 5.41) is -0.963. The van der Waals surface area contributed by atoms with Gasteiger partial charge in [-0.1, -0.05) is 12.1 Å². The van der Waals surface area contributed by atoms with Gasteiger partial charge in [0.1, 0.15) is 11.1 Å². The number of rotatable bonds is 1. The van der Waals surface area contributed by atoms with Crippen molar-refractivity contribution in [3.05, 3.63) is 45.7 Å². The quantitative estimate of drug-likeness (QED) is 0.625. The highest BCUT2D eigenvalue weighted by molar-refractivity contribution is 9.10. The lowest BCUT2D eigenvalue weighted by Gasteiger charge is -2.38. The number of ketones is 1. The van der Waals surface area contributed by atoms with E-state index in [1.807, 2.05) is 0 Å². The highest BCUT2D eigenvalue weighted by Gasteiger charge is 2.48. The summed E-state index contributed by atoms with van der Waals surface area (Å²) in [4.78, 5) is 17.2. The van der Waals surface area contributed by atoms with Crippen LogP contribution < -0.4 is 0 Å². The largest absolute Gasteiger partial charge is 0.293 e. The molecule has 3 aliphatic rings. The van der Waals surface area contributed by atoms with Crippen LogP contribution in [0.2, 0.25) is 0 Å². The third-order valence-corrected chi connectivity index (χ3v) is 8.22. The Bertz CT molecular complexity index is 938. The van der Waals surface area contributed by atoms with Crippen LogP contribution in [-0.4, -0.2) is 37.0 Å². The second kappa shape index (κ2) is 6.68. The van der Waals surface area contributed by atoms with Crippen molar-refractivity contribution in [2.45, 2.75) is 49.3 Å². The molecule has 4 nitrogen and oxygen atoms in total. The molecule has 0 spiro atoms. The lowest BCUT2D eigenvalue weighted by molar-refractivity contribution is -0.113. The van der Waals surface area contributed by atoms with E-state index in [2.05, 4.69) is 27.0 Å². The molecule has 1 aromatic rings. The molecule has 3 atom stereocenters. The number of carbonyl (C=O) groups excluding carboxylic acids is 1. The lowest BCUT2D eigenvalue weighted by atomic mass is 9.75. The standard InChI is InChI=1S/C19H19BrFNO3S/c20-13-10-11(7-8-14(13)21)17-12-4-1-2-5-15(12)22-18-16(23)6-3-9-26(24,25)19(17)18/h4,7-8,10,15,17,19H,1-3,5-6,9H2. The average Bonchev–Trinajstić information content (AvgIpc) is 2.72. The summed E-state index contributed by atoms with van der Waals surface area (Å²) in [7, 11) is -3.53. The van der Waals surface area contributed by atoms with Gasteiger partial charge in [-0.2, -0.15) is 0 Å². The number of allylic oxidation sites excluding steroid dienone is 1. The van der Waals surface area contributed by atoms with Crippen LogP contribution in [0.15, 0.2) is 39.3 Å². The topological polar surface area (TPSA) is 63.6 Å². The minimum atomic E-state index is -3.53. The first-order valence-corrected chi connectivity index (χ1v) is 11.4. The first kappa shape index (κ1) is 18.0. The van der Waals surface area contributed by atoms with Gasteiger partial charge in [0, 0.05) is 12.3 Å².